The summed E-state index contributed by atoms with van der Waals surface area (Å²) in [6.07, 6.45) is -0.533. The van der Waals surface area contributed by atoms with Gasteiger partial charge in [-0.15, -0.1) is 0 Å². The fourth-order valence-electron chi connectivity index (χ4n) is 2.17. The van der Waals surface area contributed by atoms with Crippen molar-refractivity contribution in [1.82, 2.24) is 4.90 Å². The van der Waals surface area contributed by atoms with Crippen LogP contribution in [0.5, 0.6) is 5.75 Å². The lowest BCUT2D eigenvalue weighted by molar-refractivity contribution is -0.132. The van der Waals surface area contributed by atoms with Crippen LogP contribution in [0.15, 0.2) is 53.0 Å². The summed E-state index contributed by atoms with van der Waals surface area (Å²) in [6, 6.07) is 14.5. The van der Waals surface area contributed by atoms with Gasteiger partial charge in [0.25, 0.3) is 5.91 Å². The van der Waals surface area contributed by atoms with Gasteiger partial charge < -0.3 is 14.4 Å². The normalized spacial score (nSPS) is 10.1. The van der Waals surface area contributed by atoms with Gasteiger partial charge in [-0.1, -0.05) is 40.2 Å². The van der Waals surface area contributed by atoms with Crippen LogP contribution < -0.4 is 10.1 Å². The van der Waals surface area contributed by atoms with Crippen LogP contribution in [0.4, 0.5) is 10.5 Å². The summed E-state index contributed by atoms with van der Waals surface area (Å²) in [6.45, 7) is 2.41. The number of carbonyl (C=O) groups is 2. The van der Waals surface area contributed by atoms with Crippen molar-refractivity contribution in [3.8, 4) is 5.75 Å². The maximum absolute atomic E-state index is 12.3. The van der Waals surface area contributed by atoms with Crippen LogP contribution in [-0.2, 0) is 16.1 Å². The highest BCUT2D eigenvalue weighted by Gasteiger charge is 2.12. The number of anilines is 1. The van der Waals surface area contributed by atoms with Crippen molar-refractivity contribution in [2.24, 2.45) is 0 Å². The molecule has 26 heavy (non-hydrogen) atoms. The van der Waals surface area contributed by atoms with Gasteiger partial charge in [0, 0.05) is 29.8 Å². The molecule has 0 fully saturated rings. The van der Waals surface area contributed by atoms with Crippen molar-refractivity contribution in [2.75, 3.05) is 25.6 Å². The van der Waals surface area contributed by atoms with E-state index >= 15 is 0 Å². The molecular weight excluding hydrogens is 400 g/mol. The van der Waals surface area contributed by atoms with Gasteiger partial charge in [-0.25, -0.2) is 4.79 Å². The molecular formula is C19H21BrN2O4. The Morgan fingerprint density at radius 1 is 1.15 bits per heavy atom. The van der Waals surface area contributed by atoms with E-state index in [-0.39, 0.29) is 12.5 Å². The Morgan fingerprint density at radius 3 is 2.65 bits per heavy atom. The molecule has 7 heteroatoms. The lowest BCUT2D eigenvalue weighted by Crippen LogP contribution is -2.31. The minimum atomic E-state index is -0.533. The number of halogens is 1. The second-order valence-corrected chi connectivity index (χ2v) is 6.36. The van der Waals surface area contributed by atoms with Crippen LogP contribution in [-0.4, -0.2) is 37.2 Å². The average Bonchev–Trinajstić information content (AvgIpc) is 2.62. The number of amides is 2. The molecule has 2 amide bonds. The standard InChI is InChI=1S/C19H21BrN2O4/c1-3-25-19(24)21-15-8-6-9-16(11-15)26-13-18(23)22(2)12-14-7-4-5-10-17(14)20/h4-11H,3,12-13H2,1-2H3,(H,21,24). The van der Waals surface area contributed by atoms with Crippen molar-refractivity contribution < 1.29 is 19.1 Å². The molecule has 6 nitrogen and oxygen atoms in total. The molecule has 0 spiro atoms. The lowest BCUT2D eigenvalue weighted by Gasteiger charge is -2.18. The van der Waals surface area contributed by atoms with E-state index in [0.29, 0.717) is 24.6 Å². The van der Waals surface area contributed by atoms with Gasteiger partial charge in [0.05, 0.1) is 6.61 Å². The van der Waals surface area contributed by atoms with Gasteiger partial charge in [-0.2, -0.15) is 0 Å². The maximum Gasteiger partial charge on any atom is 0.411 e. The van der Waals surface area contributed by atoms with E-state index in [4.69, 9.17) is 9.47 Å². The molecule has 0 atom stereocenters. The topological polar surface area (TPSA) is 67.9 Å². The molecule has 138 valence electrons. The van der Waals surface area contributed by atoms with E-state index in [9.17, 15) is 9.59 Å². The van der Waals surface area contributed by atoms with E-state index in [1.54, 1.807) is 43.1 Å². The molecule has 0 bridgehead atoms. The van der Waals surface area contributed by atoms with Gasteiger partial charge in [-0.05, 0) is 30.7 Å². The number of hydrogen-bond acceptors (Lipinski definition) is 4. The van der Waals surface area contributed by atoms with Crippen molar-refractivity contribution >= 4 is 33.6 Å². The Labute approximate surface area is 161 Å². The zero-order valence-electron chi connectivity index (χ0n) is 14.7. The minimum Gasteiger partial charge on any atom is -0.484 e. The summed E-state index contributed by atoms with van der Waals surface area (Å²) in [4.78, 5) is 25.3. The number of ether oxygens (including phenoxy) is 2. The number of benzene rings is 2. The van der Waals surface area contributed by atoms with Crippen LogP contribution in [0.1, 0.15) is 12.5 Å². The highest BCUT2D eigenvalue weighted by molar-refractivity contribution is 9.10. The summed E-state index contributed by atoms with van der Waals surface area (Å²) < 4.78 is 11.3. The Balaban J connectivity index is 1.88. The van der Waals surface area contributed by atoms with Crippen LogP contribution in [0, 0.1) is 0 Å². The highest BCUT2D eigenvalue weighted by Crippen LogP contribution is 2.19. The van der Waals surface area contributed by atoms with Gasteiger partial charge >= 0.3 is 6.09 Å². The molecule has 2 aromatic carbocycles. The van der Waals surface area contributed by atoms with Crippen LogP contribution in [0.2, 0.25) is 0 Å². The smallest absolute Gasteiger partial charge is 0.411 e. The summed E-state index contributed by atoms with van der Waals surface area (Å²) in [5, 5.41) is 2.59. The van der Waals surface area contributed by atoms with E-state index in [1.807, 2.05) is 24.3 Å². The van der Waals surface area contributed by atoms with Crippen molar-refractivity contribution in [1.29, 1.82) is 0 Å². The highest BCUT2D eigenvalue weighted by atomic mass is 79.9. The molecule has 0 unspecified atom stereocenters. The van der Waals surface area contributed by atoms with Crippen LogP contribution in [0.3, 0.4) is 0 Å². The number of nitrogens with one attached hydrogen (secondary N) is 1. The van der Waals surface area contributed by atoms with Crippen molar-refractivity contribution in [2.45, 2.75) is 13.5 Å². The molecule has 0 saturated heterocycles. The van der Waals surface area contributed by atoms with Crippen LogP contribution in [0.25, 0.3) is 0 Å². The van der Waals surface area contributed by atoms with E-state index in [2.05, 4.69) is 21.2 Å². The minimum absolute atomic E-state index is 0.0934. The number of carbonyl (C=O) groups excluding carboxylic acids is 2. The molecule has 0 aliphatic rings. The quantitative estimate of drug-likeness (QED) is 0.733. The maximum atomic E-state index is 12.3. The molecule has 2 rings (SSSR count). The van der Waals surface area contributed by atoms with E-state index in [0.717, 1.165) is 10.0 Å². The summed E-state index contributed by atoms with van der Waals surface area (Å²) >= 11 is 3.47. The molecule has 0 aliphatic carbocycles. The number of likely N-dealkylation sites (N-methyl/N-ethyl adjacent to an activating group) is 1. The molecule has 1 N–H and O–H groups in total. The number of hydrogen-bond donors (Lipinski definition) is 1. The molecule has 0 heterocycles. The molecule has 0 radical (unpaired) electrons. The third-order valence-electron chi connectivity index (χ3n) is 3.51. The first-order chi connectivity index (χ1) is 12.5. The first-order valence-electron chi connectivity index (χ1n) is 8.13. The third-order valence-corrected chi connectivity index (χ3v) is 4.28. The van der Waals surface area contributed by atoms with Gasteiger partial charge in [0.15, 0.2) is 6.61 Å². The van der Waals surface area contributed by atoms with Crippen molar-refractivity contribution in [3.05, 3.63) is 58.6 Å². The Kier molecular flexibility index (Phi) is 7.47. The fraction of sp³-hybridized carbons (Fsp3) is 0.263. The van der Waals surface area contributed by atoms with Gasteiger partial charge in [0.2, 0.25) is 0 Å². The summed E-state index contributed by atoms with van der Waals surface area (Å²) in [7, 11) is 1.73. The number of nitrogens with zero attached hydrogens (tertiary/aromatic N) is 1. The fourth-order valence-corrected chi connectivity index (χ4v) is 2.58. The zero-order chi connectivity index (χ0) is 18.9. The first-order valence-corrected chi connectivity index (χ1v) is 8.93. The zero-order valence-corrected chi connectivity index (χ0v) is 16.3. The predicted molar refractivity (Wildman–Crippen MR) is 103 cm³/mol. The second-order valence-electron chi connectivity index (χ2n) is 5.50. The van der Waals surface area contributed by atoms with E-state index in [1.165, 1.54) is 0 Å². The molecule has 0 aromatic heterocycles. The predicted octanol–water partition coefficient (Wildman–Crippen LogP) is 4.05. The molecule has 0 aliphatic heterocycles. The average molecular weight is 421 g/mol. The van der Waals surface area contributed by atoms with Gasteiger partial charge in [-0.3, -0.25) is 10.1 Å². The third kappa shape index (κ3) is 6.07. The largest absolute Gasteiger partial charge is 0.484 e. The Hall–Kier alpha value is -2.54. The summed E-state index contributed by atoms with van der Waals surface area (Å²) in [5.74, 6) is 0.339. The second kappa shape index (κ2) is 9.82. The monoisotopic (exact) mass is 420 g/mol. The van der Waals surface area contributed by atoms with Crippen LogP contribution >= 0.6 is 15.9 Å². The first kappa shape index (κ1) is 19.8. The van der Waals surface area contributed by atoms with Gasteiger partial charge in [0.1, 0.15) is 5.75 Å². The number of rotatable bonds is 7. The molecule has 0 saturated carbocycles. The SMILES string of the molecule is CCOC(=O)Nc1cccc(OCC(=O)N(C)Cc2ccccc2Br)c1. The Bertz CT molecular complexity index is 767. The van der Waals surface area contributed by atoms with Crippen molar-refractivity contribution in [3.63, 3.8) is 0 Å². The summed E-state index contributed by atoms with van der Waals surface area (Å²) in [5.41, 5.74) is 1.55. The van der Waals surface area contributed by atoms with E-state index < -0.39 is 6.09 Å². The lowest BCUT2D eigenvalue weighted by atomic mass is 10.2. The Morgan fingerprint density at radius 2 is 1.92 bits per heavy atom. The molecule has 2 aromatic rings.